The SMILES string of the molecule is C/C(=C/c1cn2ccccc2n1)C(=O)O. The Hall–Kier alpha value is -2.10. The van der Waals surface area contributed by atoms with Crippen LogP contribution >= 0.6 is 0 Å². The first-order valence-corrected chi connectivity index (χ1v) is 4.52. The van der Waals surface area contributed by atoms with Crippen molar-refractivity contribution in [3.8, 4) is 0 Å². The number of hydrogen-bond donors (Lipinski definition) is 1. The molecule has 0 amide bonds. The quantitative estimate of drug-likeness (QED) is 0.756. The van der Waals surface area contributed by atoms with Gasteiger partial charge >= 0.3 is 5.97 Å². The Morgan fingerprint density at radius 1 is 1.53 bits per heavy atom. The first-order chi connectivity index (χ1) is 7.16. The van der Waals surface area contributed by atoms with E-state index in [1.54, 1.807) is 19.2 Å². The number of pyridine rings is 1. The summed E-state index contributed by atoms with van der Waals surface area (Å²) in [6.07, 6.45) is 5.22. The third kappa shape index (κ3) is 1.88. The minimum absolute atomic E-state index is 0.276. The lowest BCUT2D eigenvalue weighted by Crippen LogP contribution is -1.95. The zero-order chi connectivity index (χ0) is 10.8. The number of carboxylic acid groups (broad SMARTS) is 1. The van der Waals surface area contributed by atoms with Crippen LogP contribution in [0.2, 0.25) is 0 Å². The van der Waals surface area contributed by atoms with Gasteiger partial charge < -0.3 is 9.51 Å². The van der Waals surface area contributed by atoms with E-state index in [0.29, 0.717) is 5.69 Å². The molecule has 0 aliphatic heterocycles. The number of aromatic nitrogens is 2. The van der Waals surface area contributed by atoms with Crippen LogP contribution < -0.4 is 0 Å². The number of nitrogens with zero attached hydrogens (tertiary/aromatic N) is 2. The maximum atomic E-state index is 10.6. The maximum Gasteiger partial charge on any atom is 0.331 e. The van der Waals surface area contributed by atoms with Crippen LogP contribution in [0.15, 0.2) is 36.2 Å². The van der Waals surface area contributed by atoms with E-state index in [4.69, 9.17) is 5.11 Å². The van der Waals surface area contributed by atoms with Crippen LogP contribution in [0.1, 0.15) is 12.6 Å². The topological polar surface area (TPSA) is 54.6 Å². The highest BCUT2D eigenvalue weighted by atomic mass is 16.4. The zero-order valence-electron chi connectivity index (χ0n) is 8.21. The molecule has 0 radical (unpaired) electrons. The fraction of sp³-hybridized carbons (Fsp3) is 0.0909. The Morgan fingerprint density at radius 2 is 2.33 bits per heavy atom. The molecule has 2 rings (SSSR count). The van der Waals surface area contributed by atoms with Crippen molar-refractivity contribution in [3.63, 3.8) is 0 Å². The van der Waals surface area contributed by atoms with Gasteiger partial charge in [-0.3, -0.25) is 0 Å². The van der Waals surface area contributed by atoms with Crippen molar-refractivity contribution in [2.75, 3.05) is 0 Å². The average molecular weight is 202 g/mol. The Morgan fingerprint density at radius 3 is 3.00 bits per heavy atom. The number of carboxylic acids is 1. The number of carbonyl (C=O) groups is 1. The summed E-state index contributed by atoms with van der Waals surface area (Å²) >= 11 is 0. The fourth-order valence-corrected chi connectivity index (χ4v) is 1.31. The third-order valence-corrected chi connectivity index (χ3v) is 2.08. The highest BCUT2D eigenvalue weighted by molar-refractivity contribution is 5.91. The van der Waals surface area contributed by atoms with Crippen molar-refractivity contribution in [2.24, 2.45) is 0 Å². The molecule has 15 heavy (non-hydrogen) atoms. The normalized spacial score (nSPS) is 11.9. The summed E-state index contributed by atoms with van der Waals surface area (Å²) in [6.45, 7) is 1.55. The number of hydrogen-bond acceptors (Lipinski definition) is 2. The van der Waals surface area contributed by atoms with Crippen LogP contribution in [0.25, 0.3) is 11.7 Å². The Labute approximate surface area is 86.5 Å². The summed E-state index contributed by atoms with van der Waals surface area (Å²) in [5.41, 5.74) is 1.74. The number of rotatable bonds is 2. The summed E-state index contributed by atoms with van der Waals surface area (Å²) in [4.78, 5) is 14.9. The minimum Gasteiger partial charge on any atom is -0.478 e. The lowest BCUT2D eigenvalue weighted by atomic mass is 10.2. The zero-order valence-corrected chi connectivity index (χ0v) is 8.21. The van der Waals surface area contributed by atoms with Crippen LogP contribution in [0.4, 0.5) is 0 Å². The van der Waals surface area contributed by atoms with Gasteiger partial charge in [0, 0.05) is 18.0 Å². The van der Waals surface area contributed by atoms with Gasteiger partial charge in [0.15, 0.2) is 0 Å². The van der Waals surface area contributed by atoms with Crippen molar-refractivity contribution in [1.29, 1.82) is 0 Å². The molecule has 0 spiro atoms. The highest BCUT2D eigenvalue weighted by Crippen LogP contribution is 2.08. The predicted molar refractivity (Wildman–Crippen MR) is 56.5 cm³/mol. The van der Waals surface area contributed by atoms with Crippen molar-refractivity contribution >= 4 is 17.7 Å². The van der Waals surface area contributed by atoms with Gasteiger partial charge in [0.05, 0.1) is 5.69 Å². The van der Waals surface area contributed by atoms with Crippen LogP contribution in [0.3, 0.4) is 0 Å². The average Bonchev–Trinajstić information content (AvgIpc) is 2.59. The molecule has 2 heterocycles. The van der Waals surface area contributed by atoms with Crippen LogP contribution in [0, 0.1) is 0 Å². The largest absolute Gasteiger partial charge is 0.478 e. The Bertz CT molecular complexity index is 507. The van der Waals surface area contributed by atoms with E-state index in [1.165, 1.54) is 0 Å². The molecule has 0 aliphatic carbocycles. The Kier molecular flexibility index (Phi) is 2.25. The molecule has 0 bridgehead atoms. The molecule has 0 saturated heterocycles. The van der Waals surface area contributed by atoms with Crippen molar-refractivity contribution in [2.45, 2.75) is 6.92 Å². The molecule has 0 fully saturated rings. The molecule has 0 aromatic carbocycles. The second-order valence-electron chi connectivity index (χ2n) is 3.26. The van der Waals surface area contributed by atoms with E-state index < -0.39 is 5.97 Å². The van der Waals surface area contributed by atoms with E-state index in [-0.39, 0.29) is 5.57 Å². The second kappa shape index (κ2) is 3.57. The van der Waals surface area contributed by atoms with Gasteiger partial charge in [0.2, 0.25) is 0 Å². The lowest BCUT2D eigenvalue weighted by Gasteiger charge is -1.88. The molecule has 0 unspecified atom stereocenters. The summed E-state index contributed by atoms with van der Waals surface area (Å²) in [5, 5.41) is 8.72. The van der Waals surface area contributed by atoms with Crippen molar-refractivity contribution in [3.05, 3.63) is 41.9 Å². The van der Waals surface area contributed by atoms with Gasteiger partial charge in [-0.15, -0.1) is 0 Å². The molecule has 0 aliphatic rings. The summed E-state index contributed by atoms with van der Waals surface area (Å²) in [5.74, 6) is -0.924. The molecule has 2 aromatic heterocycles. The monoisotopic (exact) mass is 202 g/mol. The number of aliphatic carboxylic acids is 1. The molecule has 0 atom stereocenters. The second-order valence-corrected chi connectivity index (χ2v) is 3.26. The van der Waals surface area contributed by atoms with E-state index in [0.717, 1.165) is 5.65 Å². The minimum atomic E-state index is -0.924. The van der Waals surface area contributed by atoms with Crippen LogP contribution in [-0.2, 0) is 4.79 Å². The molecule has 1 N–H and O–H groups in total. The molecule has 0 saturated carbocycles. The predicted octanol–water partition coefficient (Wildman–Crippen LogP) is 1.82. The first kappa shape index (κ1) is 9.45. The van der Waals surface area contributed by atoms with E-state index in [9.17, 15) is 4.79 Å². The Balaban J connectivity index is 2.46. The highest BCUT2D eigenvalue weighted by Gasteiger charge is 2.02. The van der Waals surface area contributed by atoms with Crippen molar-refractivity contribution < 1.29 is 9.90 Å². The van der Waals surface area contributed by atoms with Crippen LogP contribution in [0.5, 0.6) is 0 Å². The van der Waals surface area contributed by atoms with Gasteiger partial charge in [-0.1, -0.05) is 6.07 Å². The number of imidazole rings is 1. The van der Waals surface area contributed by atoms with E-state index in [1.807, 2.05) is 28.8 Å². The van der Waals surface area contributed by atoms with Gasteiger partial charge in [-0.25, -0.2) is 9.78 Å². The van der Waals surface area contributed by atoms with Crippen LogP contribution in [-0.4, -0.2) is 20.5 Å². The van der Waals surface area contributed by atoms with Gasteiger partial charge in [0.25, 0.3) is 0 Å². The molecular weight excluding hydrogens is 192 g/mol. The van der Waals surface area contributed by atoms with Crippen molar-refractivity contribution in [1.82, 2.24) is 9.38 Å². The van der Waals surface area contributed by atoms with E-state index in [2.05, 4.69) is 4.98 Å². The molecule has 2 aromatic rings. The standard InChI is InChI=1S/C11H10N2O2/c1-8(11(14)15)6-9-7-13-5-3-2-4-10(13)12-9/h2-7H,1H3,(H,14,15)/b8-6-. The molecule has 4 nitrogen and oxygen atoms in total. The smallest absolute Gasteiger partial charge is 0.331 e. The molecular formula is C11H10N2O2. The van der Waals surface area contributed by atoms with Gasteiger partial charge in [0.1, 0.15) is 5.65 Å². The van der Waals surface area contributed by atoms with Gasteiger partial charge in [-0.05, 0) is 25.1 Å². The summed E-state index contributed by atoms with van der Waals surface area (Å²) < 4.78 is 1.85. The third-order valence-electron chi connectivity index (χ3n) is 2.08. The van der Waals surface area contributed by atoms with Gasteiger partial charge in [-0.2, -0.15) is 0 Å². The summed E-state index contributed by atoms with van der Waals surface area (Å²) in [6, 6.07) is 5.65. The summed E-state index contributed by atoms with van der Waals surface area (Å²) in [7, 11) is 0. The fourth-order valence-electron chi connectivity index (χ4n) is 1.31. The molecule has 76 valence electrons. The number of fused-ring (bicyclic) bond motifs is 1. The van der Waals surface area contributed by atoms with E-state index >= 15 is 0 Å². The lowest BCUT2D eigenvalue weighted by molar-refractivity contribution is -0.132. The first-order valence-electron chi connectivity index (χ1n) is 4.52. The maximum absolute atomic E-state index is 10.6. The molecule has 4 heteroatoms.